The van der Waals surface area contributed by atoms with Crippen LogP contribution in [-0.2, 0) is 14.3 Å². The topological polar surface area (TPSA) is 66.8 Å². The summed E-state index contributed by atoms with van der Waals surface area (Å²) in [4.78, 5) is 25.7. The lowest BCUT2D eigenvalue weighted by molar-refractivity contribution is -0.146. The van der Waals surface area contributed by atoms with Crippen molar-refractivity contribution in [3.63, 3.8) is 0 Å². The van der Waals surface area contributed by atoms with Crippen molar-refractivity contribution < 1.29 is 19.4 Å². The zero-order chi connectivity index (χ0) is 15.2. The van der Waals surface area contributed by atoms with E-state index in [1.165, 1.54) is 11.8 Å². The predicted octanol–water partition coefficient (Wildman–Crippen LogP) is 1.79. The molecular weight excluding hydrogens is 290 g/mol. The summed E-state index contributed by atoms with van der Waals surface area (Å²) in [6, 6.07) is 7.95. The second-order valence-electron chi connectivity index (χ2n) is 4.98. The van der Waals surface area contributed by atoms with E-state index >= 15 is 0 Å². The van der Waals surface area contributed by atoms with Gasteiger partial charge in [-0.15, -0.1) is 11.8 Å². The van der Waals surface area contributed by atoms with Gasteiger partial charge in [-0.25, -0.2) is 0 Å². The Morgan fingerprint density at radius 3 is 2.90 bits per heavy atom. The first-order valence-electron chi connectivity index (χ1n) is 6.86. The first-order valence-corrected chi connectivity index (χ1v) is 7.84. The van der Waals surface area contributed by atoms with Gasteiger partial charge < -0.3 is 14.7 Å². The second kappa shape index (κ2) is 7.47. The Hall–Kier alpha value is -1.53. The lowest BCUT2D eigenvalue weighted by atomic mass is 10.2. The number of morpholine rings is 1. The Kier molecular flexibility index (Phi) is 5.64. The lowest BCUT2D eigenvalue weighted by Crippen LogP contribution is -2.46. The molecule has 1 fully saturated rings. The lowest BCUT2D eigenvalue weighted by Gasteiger charge is -2.32. The Balaban J connectivity index is 1.85. The fourth-order valence-corrected chi connectivity index (χ4v) is 3.15. The maximum absolute atomic E-state index is 12.2. The van der Waals surface area contributed by atoms with Crippen molar-refractivity contribution in [3.05, 3.63) is 29.8 Å². The quantitative estimate of drug-likeness (QED) is 0.840. The summed E-state index contributed by atoms with van der Waals surface area (Å²) in [6.45, 7) is 3.31. The summed E-state index contributed by atoms with van der Waals surface area (Å²) in [5.41, 5.74) is 1.15. The molecule has 6 heteroatoms. The van der Waals surface area contributed by atoms with Crippen molar-refractivity contribution in [2.45, 2.75) is 24.3 Å². The average molecular weight is 309 g/mol. The summed E-state index contributed by atoms with van der Waals surface area (Å²) in [5.74, 6) is -0.504. The summed E-state index contributed by atoms with van der Waals surface area (Å²) in [7, 11) is 0. The molecule has 114 valence electrons. The van der Waals surface area contributed by atoms with Crippen LogP contribution in [0.2, 0.25) is 0 Å². The number of hydrogen-bond acceptors (Lipinski definition) is 4. The van der Waals surface area contributed by atoms with E-state index in [2.05, 4.69) is 0 Å². The van der Waals surface area contributed by atoms with Gasteiger partial charge in [0.25, 0.3) is 0 Å². The van der Waals surface area contributed by atoms with E-state index in [0.717, 1.165) is 10.5 Å². The van der Waals surface area contributed by atoms with Crippen molar-refractivity contribution in [1.82, 2.24) is 4.90 Å². The fraction of sp³-hybridized carbons (Fsp3) is 0.467. The highest BCUT2D eigenvalue weighted by atomic mass is 32.2. The molecule has 0 saturated carbocycles. The molecule has 1 atom stereocenters. The fourth-order valence-electron chi connectivity index (χ4n) is 2.21. The van der Waals surface area contributed by atoms with Crippen molar-refractivity contribution in [3.8, 4) is 0 Å². The number of benzene rings is 1. The SMILES string of the molecule is Cc1ccccc1SCC(=O)N1CCOC(CC(=O)O)C1. The molecule has 1 aromatic carbocycles. The number of hydrogen-bond donors (Lipinski definition) is 1. The van der Waals surface area contributed by atoms with Crippen LogP contribution in [0.3, 0.4) is 0 Å². The molecule has 0 aliphatic carbocycles. The van der Waals surface area contributed by atoms with E-state index in [-0.39, 0.29) is 12.3 Å². The highest BCUT2D eigenvalue weighted by Crippen LogP contribution is 2.22. The van der Waals surface area contributed by atoms with Gasteiger partial charge in [0.15, 0.2) is 0 Å². The first kappa shape index (κ1) is 15.9. The van der Waals surface area contributed by atoms with Crippen molar-refractivity contribution in [2.75, 3.05) is 25.4 Å². The average Bonchev–Trinajstić information content (AvgIpc) is 2.45. The molecule has 1 N–H and O–H groups in total. The maximum Gasteiger partial charge on any atom is 0.306 e. The van der Waals surface area contributed by atoms with Gasteiger partial charge in [-0.1, -0.05) is 18.2 Å². The normalized spacial score (nSPS) is 18.5. The van der Waals surface area contributed by atoms with E-state index in [4.69, 9.17) is 9.84 Å². The predicted molar refractivity (Wildman–Crippen MR) is 80.5 cm³/mol. The van der Waals surface area contributed by atoms with E-state index < -0.39 is 12.1 Å². The third kappa shape index (κ3) is 4.75. The largest absolute Gasteiger partial charge is 0.481 e. The number of amides is 1. The molecule has 0 radical (unpaired) electrons. The molecule has 0 aromatic heterocycles. The molecule has 1 amide bonds. The number of aliphatic carboxylic acids is 1. The number of carbonyl (C=O) groups is 2. The van der Waals surface area contributed by atoms with Crippen LogP contribution in [0, 0.1) is 6.92 Å². The van der Waals surface area contributed by atoms with Crippen LogP contribution >= 0.6 is 11.8 Å². The molecule has 1 unspecified atom stereocenters. The van der Waals surface area contributed by atoms with E-state index in [1.54, 1.807) is 4.90 Å². The molecule has 1 aliphatic rings. The van der Waals surface area contributed by atoms with E-state index in [9.17, 15) is 9.59 Å². The minimum Gasteiger partial charge on any atom is -0.481 e. The third-order valence-electron chi connectivity index (χ3n) is 3.34. The zero-order valence-corrected chi connectivity index (χ0v) is 12.8. The molecule has 21 heavy (non-hydrogen) atoms. The van der Waals surface area contributed by atoms with Gasteiger partial charge >= 0.3 is 5.97 Å². The molecule has 1 aromatic rings. The summed E-state index contributed by atoms with van der Waals surface area (Å²) in [6.07, 6.45) is -0.460. The van der Waals surface area contributed by atoms with Crippen LogP contribution in [0.25, 0.3) is 0 Å². The van der Waals surface area contributed by atoms with Crippen LogP contribution in [0.1, 0.15) is 12.0 Å². The van der Waals surface area contributed by atoms with Gasteiger partial charge in [-0.3, -0.25) is 9.59 Å². The Labute approximate surface area is 128 Å². The van der Waals surface area contributed by atoms with Gasteiger partial charge in [0.2, 0.25) is 5.91 Å². The van der Waals surface area contributed by atoms with Crippen LogP contribution < -0.4 is 0 Å². The minimum absolute atomic E-state index is 0.0296. The van der Waals surface area contributed by atoms with Crippen LogP contribution in [0.4, 0.5) is 0 Å². The van der Waals surface area contributed by atoms with E-state index in [1.807, 2.05) is 31.2 Å². The third-order valence-corrected chi connectivity index (χ3v) is 4.50. The number of aryl methyl sites for hydroxylation is 1. The molecule has 1 saturated heterocycles. The van der Waals surface area contributed by atoms with Crippen molar-refractivity contribution in [2.24, 2.45) is 0 Å². The van der Waals surface area contributed by atoms with Gasteiger partial charge in [0.1, 0.15) is 0 Å². The molecule has 0 spiro atoms. The van der Waals surface area contributed by atoms with Gasteiger partial charge in [-0.05, 0) is 18.6 Å². The van der Waals surface area contributed by atoms with E-state index in [0.29, 0.717) is 25.4 Å². The monoisotopic (exact) mass is 309 g/mol. The first-order chi connectivity index (χ1) is 10.1. The standard InChI is InChI=1S/C15H19NO4S/c1-11-4-2-3-5-13(11)21-10-14(17)16-6-7-20-12(9-16)8-15(18)19/h2-5,12H,6-10H2,1H3,(H,18,19). The van der Waals surface area contributed by atoms with Crippen molar-refractivity contribution in [1.29, 1.82) is 0 Å². The Morgan fingerprint density at radius 2 is 2.19 bits per heavy atom. The number of nitrogens with zero attached hydrogens (tertiary/aromatic N) is 1. The van der Waals surface area contributed by atoms with Gasteiger partial charge in [0.05, 0.1) is 24.9 Å². The molecule has 2 rings (SSSR count). The number of ether oxygens (including phenoxy) is 1. The number of carboxylic acids is 1. The molecular formula is C15H19NO4S. The second-order valence-corrected chi connectivity index (χ2v) is 6.00. The zero-order valence-electron chi connectivity index (χ0n) is 11.9. The molecule has 1 aliphatic heterocycles. The van der Waals surface area contributed by atoms with Gasteiger partial charge in [0, 0.05) is 18.0 Å². The number of rotatable bonds is 5. The van der Waals surface area contributed by atoms with Crippen LogP contribution in [0.15, 0.2) is 29.2 Å². The number of carboxylic acid groups (broad SMARTS) is 1. The van der Waals surface area contributed by atoms with Crippen LogP contribution in [-0.4, -0.2) is 53.4 Å². The maximum atomic E-state index is 12.2. The summed E-state index contributed by atoms with van der Waals surface area (Å²) in [5, 5.41) is 8.79. The minimum atomic E-state index is -0.899. The Morgan fingerprint density at radius 1 is 1.43 bits per heavy atom. The number of carbonyl (C=O) groups excluding carboxylic acids is 1. The highest BCUT2D eigenvalue weighted by Gasteiger charge is 2.25. The summed E-state index contributed by atoms with van der Waals surface area (Å²) < 4.78 is 5.37. The Bertz CT molecular complexity index is 520. The molecule has 1 heterocycles. The smallest absolute Gasteiger partial charge is 0.306 e. The highest BCUT2D eigenvalue weighted by molar-refractivity contribution is 8.00. The van der Waals surface area contributed by atoms with Gasteiger partial charge in [-0.2, -0.15) is 0 Å². The number of thioether (sulfide) groups is 1. The summed E-state index contributed by atoms with van der Waals surface area (Å²) >= 11 is 1.52. The van der Waals surface area contributed by atoms with Crippen molar-refractivity contribution >= 4 is 23.6 Å². The van der Waals surface area contributed by atoms with Crippen LogP contribution in [0.5, 0.6) is 0 Å². The molecule has 5 nitrogen and oxygen atoms in total. The molecule has 0 bridgehead atoms.